The number of ether oxygens (including phenoxy) is 1. The van der Waals surface area contributed by atoms with Crippen LogP contribution in [-0.2, 0) is 16.0 Å². The Balaban J connectivity index is 1.71. The minimum atomic E-state index is -0.534. The van der Waals surface area contributed by atoms with E-state index in [1.807, 2.05) is 12.1 Å². The molecule has 25 heavy (non-hydrogen) atoms. The number of benzene rings is 2. The lowest BCUT2D eigenvalue weighted by molar-refractivity contribution is -0.139. The maximum Gasteiger partial charge on any atom is 0.316 e. The van der Waals surface area contributed by atoms with Gasteiger partial charge in [0.05, 0.1) is 21.7 Å². The van der Waals surface area contributed by atoms with E-state index in [0.29, 0.717) is 21.5 Å². The lowest BCUT2D eigenvalue weighted by atomic mass is 10.1. The Morgan fingerprint density at radius 1 is 1.20 bits per heavy atom. The highest BCUT2D eigenvalue weighted by Crippen LogP contribution is 2.36. The second kappa shape index (κ2) is 7.46. The van der Waals surface area contributed by atoms with Gasteiger partial charge in [-0.15, -0.1) is 0 Å². The molecule has 1 saturated heterocycles. The zero-order valence-electron chi connectivity index (χ0n) is 13.7. The molecule has 4 nitrogen and oxygen atoms in total. The van der Waals surface area contributed by atoms with Crippen LogP contribution in [-0.4, -0.2) is 18.4 Å². The summed E-state index contributed by atoms with van der Waals surface area (Å²) in [7, 11) is 0. The smallest absolute Gasteiger partial charge is 0.316 e. The van der Waals surface area contributed by atoms with Crippen molar-refractivity contribution in [2.75, 3.05) is 11.4 Å². The van der Waals surface area contributed by atoms with Gasteiger partial charge in [0.15, 0.2) is 0 Å². The van der Waals surface area contributed by atoms with Crippen molar-refractivity contribution < 1.29 is 14.3 Å². The molecule has 0 aliphatic carbocycles. The molecular weight excluding hydrogens is 361 g/mol. The van der Waals surface area contributed by atoms with Gasteiger partial charge in [-0.05, 0) is 36.2 Å². The molecule has 0 unspecified atom stereocenters. The van der Waals surface area contributed by atoms with Gasteiger partial charge in [0.25, 0.3) is 0 Å². The van der Waals surface area contributed by atoms with E-state index in [0.717, 1.165) is 12.0 Å². The van der Waals surface area contributed by atoms with Crippen molar-refractivity contribution in [1.82, 2.24) is 0 Å². The molecule has 0 saturated carbocycles. The maximum absolute atomic E-state index is 12.4. The van der Waals surface area contributed by atoms with Gasteiger partial charge in [-0.1, -0.05) is 48.3 Å². The van der Waals surface area contributed by atoms with E-state index in [-0.39, 0.29) is 18.9 Å². The minimum absolute atomic E-state index is 0.0920. The first-order valence-electron chi connectivity index (χ1n) is 8.04. The lowest BCUT2D eigenvalue weighted by Gasteiger charge is -2.18. The first-order valence-corrected chi connectivity index (χ1v) is 8.80. The third kappa shape index (κ3) is 3.80. The fourth-order valence-corrected chi connectivity index (χ4v) is 3.19. The number of carbonyl (C=O) groups is 2. The monoisotopic (exact) mass is 377 g/mol. The highest BCUT2D eigenvalue weighted by molar-refractivity contribution is 6.44. The normalized spacial score (nSPS) is 17.0. The van der Waals surface area contributed by atoms with Gasteiger partial charge >= 0.3 is 5.97 Å². The van der Waals surface area contributed by atoms with Crippen LogP contribution in [0.5, 0.6) is 5.75 Å². The number of aryl methyl sites for hydroxylation is 1. The predicted molar refractivity (Wildman–Crippen MR) is 98.4 cm³/mol. The Bertz CT molecular complexity index is 805. The first kappa shape index (κ1) is 17.8. The molecule has 1 amide bonds. The summed E-state index contributed by atoms with van der Waals surface area (Å²) >= 11 is 12.2. The third-order valence-corrected chi connectivity index (χ3v) is 5.04. The molecule has 6 heteroatoms. The van der Waals surface area contributed by atoms with E-state index in [1.54, 1.807) is 30.3 Å². The fourth-order valence-electron chi connectivity index (χ4n) is 2.79. The topological polar surface area (TPSA) is 46.6 Å². The number of nitrogens with zero attached hydrogens (tertiary/aromatic N) is 1. The largest absolute Gasteiger partial charge is 0.426 e. The van der Waals surface area contributed by atoms with E-state index in [4.69, 9.17) is 27.9 Å². The summed E-state index contributed by atoms with van der Waals surface area (Å²) in [5.41, 5.74) is 1.68. The molecule has 1 heterocycles. The Morgan fingerprint density at radius 3 is 2.60 bits per heavy atom. The molecule has 2 aromatic rings. The quantitative estimate of drug-likeness (QED) is 0.581. The average molecular weight is 378 g/mol. The summed E-state index contributed by atoms with van der Waals surface area (Å²) in [6.45, 7) is 2.28. The highest BCUT2D eigenvalue weighted by Gasteiger charge is 2.37. The van der Waals surface area contributed by atoms with Crippen molar-refractivity contribution >= 4 is 40.8 Å². The second-order valence-corrected chi connectivity index (χ2v) is 6.68. The van der Waals surface area contributed by atoms with E-state index in [9.17, 15) is 9.59 Å². The molecule has 0 N–H and O–H groups in total. The van der Waals surface area contributed by atoms with Gasteiger partial charge in [-0.2, -0.15) is 0 Å². The Hall–Kier alpha value is -2.04. The van der Waals surface area contributed by atoms with Crippen LogP contribution in [0.1, 0.15) is 18.9 Å². The van der Waals surface area contributed by atoms with Crippen LogP contribution in [0.3, 0.4) is 0 Å². The fraction of sp³-hybridized carbons (Fsp3) is 0.263. The molecule has 0 aromatic heterocycles. The zero-order valence-corrected chi connectivity index (χ0v) is 15.2. The van der Waals surface area contributed by atoms with Crippen LogP contribution in [0.15, 0.2) is 42.5 Å². The Morgan fingerprint density at radius 2 is 1.92 bits per heavy atom. The summed E-state index contributed by atoms with van der Waals surface area (Å²) in [5.74, 6) is -0.645. The molecule has 0 bridgehead atoms. The average Bonchev–Trinajstić information content (AvgIpc) is 3.00. The lowest BCUT2D eigenvalue weighted by Crippen LogP contribution is -2.27. The van der Waals surface area contributed by atoms with Crippen LogP contribution in [0, 0.1) is 5.92 Å². The second-order valence-electron chi connectivity index (χ2n) is 5.90. The number of esters is 1. The van der Waals surface area contributed by atoms with Gasteiger partial charge in [0.2, 0.25) is 5.91 Å². The van der Waals surface area contributed by atoms with Crippen LogP contribution in [0.2, 0.25) is 10.0 Å². The first-order chi connectivity index (χ1) is 12.0. The van der Waals surface area contributed by atoms with Crippen molar-refractivity contribution in [2.45, 2.75) is 19.8 Å². The van der Waals surface area contributed by atoms with Crippen molar-refractivity contribution in [3.8, 4) is 5.75 Å². The molecule has 1 aliphatic heterocycles. The number of hydrogen-bond acceptors (Lipinski definition) is 3. The summed E-state index contributed by atoms with van der Waals surface area (Å²) in [4.78, 5) is 26.2. The summed E-state index contributed by atoms with van der Waals surface area (Å²) in [5, 5.41) is 0.677. The van der Waals surface area contributed by atoms with Crippen molar-refractivity contribution in [2.24, 2.45) is 5.92 Å². The summed E-state index contributed by atoms with van der Waals surface area (Å²) in [6.07, 6.45) is 1.01. The molecule has 3 rings (SSSR count). The SMILES string of the molecule is CCc1ccc(OC(=O)[C@H]2CC(=O)N(c3cccc(Cl)c3Cl)C2)cc1. The standard InChI is InChI=1S/C19H17Cl2NO3/c1-2-12-6-8-14(9-7-12)25-19(24)13-10-17(23)22(11-13)16-5-3-4-15(20)18(16)21/h3-9,13H,2,10-11H2,1H3/t13-/m0/s1. The molecular formula is C19H17Cl2NO3. The number of rotatable bonds is 4. The maximum atomic E-state index is 12.4. The van der Waals surface area contributed by atoms with Crippen LogP contribution < -0.4 is 9.64 Å². The third-order valence-electron chi connectivity index (χ3n) is 4.23. The van der Waals surface area contributed by atoms with E-state index < -0.39 is 11.9 Å². The summed E-state index contributed by atoms with van der Waals surface area (Å²) < 4.78 is 5.41. The van der Waals surface area contributed by atoms with Crippen molar-refractivity contribution in [3.63, 3.8) is 0 Å². The van der Waals surface area contributed by atoms with Gasteiger partial charge in [0.1, 0.15) is 5.75 Å². The number of halogens is 2. The predicted octanol–water partition coefficient (Wildman–Crippen LogP) is 4.51. The molecule has 1 aliphatic rings. The zero-order chi connectivity index (χ0) is 18.0. The number of carbonyl (C=O) groups excluding carboxylic acids is 2. The molecule has 0 radical (unpaired) electrons. The molecule has 130 valence electrons. The molecule has 2 aromatic carbocycles. The van der Waals surface area contributed by atoms with E-state index >= 15 is 0 Å². The summed E-state index contributed by atoms with van der Waals surface area (Å²) in [6, 6.07) is 12.4. The number of amides is 1. The number of anilines is 1. The van der Waals surface area contributed by atoms with Crippen molar-refractivity contribution in [3.05, 3.63) is 58.1 Å². The van der Waals surface area contributed by atoms with Gasteiger partial charge in [-0.25, -0.2) is 0 Å². The van der Waals surface area contributed by atoms with Gasteiger partial charge in [-0.3, -0.25) is 9.59 Å². The Labute approximate surface area is 156 Å². The molecule has 1 atom stereocenters. The van der Waals surface area contributed by atoms with Gasteiger partial charge in [0, 0.05) is 13.0 Å². The molecule has 0 spiro atoms. The van der Waals surface area contributed by atoms with E-state index in [2.05, 4.69) is 6.92 Å². The number of hydrogen-bond donors (Lipinski definition) is 0. The minimum Gasteiger partial charge on any atom is -0.426 e. The van der Waals surface area contributed by atoms with Gasteiger partial charge < -0.3 is 9.64 Å². The van der Waals surface area contributed by atoms with Crippen LogP contribution in [0.4, 0.5) is 5.69 Å². The van der Waals surface area contributed by atoms with E-state index in [1.165, 1.54) is 4.90 Å². The van der Waals surface area contributed by atoms with Crippen LogP contribution in [0.25, 0.3) is 0 Å². The highest BCUT2D eigenvalue weighted by atomic mass is 35.5. The Kier molecular flexibility index (Phi) is 5.30. The van der Waals surface area contributed by atoms with Crippen LogP contribution >= 0.6 is 23.2 Å². The van der Waals surface area contributed by atoms with Crippen molar-refractivity contribution in [1.29, 1.82) is 0 Å². The molecule has 1 fully saturated rings.